The fourth-order valence-corrected chi connectivity index (χ4v) is 2.78. The van der Waals surface area contributed by atoms with Crippen LogP contribution < -0.4 is 10.6 Å². The summed E-state index contributed by atoms with van der Waals surface area (Å²) in [5.74, 6) is -0.0239. The van der Waals surface area contributed by atoms with Crippen molar-refractivity contribution in [2.75, 3.05) is 14.1 Å². The number of amides is 3. The fourth-order valence-electron chi connectivity index (χ4n) is 2.78. The number of carbonyl (C=O) groups excluding carboxylic acids is 2. The zero-order chi connectivity index (χ0) is 19.9. The summed E-state index contributed by atoms with van der Waals surface area (Å²) >= 11 is 0. The van der Waals surface area contributed by atoms with Crippen LogP contribution in [0.5, 0.6) is 0 Å². The Bertz CT molecular complexity index is 755. The van der Waals surface area contributed by atoms with Gasteiger partial charge in [-0.2, -0.15) is 0 Å². The maximum Gasteiger partial charge on any atom is 0.317 e. The van der Waals surface area contributed by atoms with Gasteiger partial charge < -0.3 is 15.5 Å². The molecule has 2 aromatic rings. The van der Waals surface area contributed by atoms with E-state index in [-0.39, 0.29) is 11.9 Å². The zero-order valence-corrected chi connectivity index (χ0v) is 16.6. The molecule has 0 aliphatic rings. The van der Waals surface area contributed by atoms with Gasteiger partial charge in [-0.3, -0.25) is 4.79 Å². The van der Waals surface area contributed by atoms with Gasteiger partial charge in [-0.15, -0.1) is 0 Å². The lowest BCUT2D eigenvalue weighted by molar-refractivity contribution is -0.121. The molecule has 0 aliphatic heterocycles. The summed E-state index contributed by atoms with van der Waals surface area (Å²) in [6, 6.07) is 18.3. The van der Waals surface area contributed by atoms with Gasteiger partial charge in [0.25, 0.3) is 0 Å². The molecular formula is C22H29N3O2. The average Bonchev–Trinajstić information content (AvgIpc) is 2.67. The third kappa shape index (κ3) is 6.44. The van der Waals surface area contributed by atoms with Crippen molar-refractivity contribution in [3.05, 3.63) is 60.2 Å². The van der Waals surface area contributed by atoms with Gasteiger partial charge in [-0.05, 0) is 37.0 Å². The van der Waals surface area contributed by atoms with E-state index in [4.69, 9.17) is 0 Å². The lowest BCUT2D eigenvalue weighted by atomic mass is 9.98. The van der Waals surface area contributed by atoms with E-state index < -0.39 is 5.54 Å². The number of hydrogen-bond acceptors (Lipinski definition) is 2. The molecule has 5 heteroatoms. The van der Waals surface area contributed by atoms with E-state index in [2.05, 4.69) is 34.9 Å². The van der Waals surface area contributed by atoms with E-state index in [0.29, 0.717) is 19.4 Å². The van der Waals surface area contributed by atoms with Gasteiger partial charge in [0.2, 0.25) is 5.91 Å². The summed E-state index contributed by atoms with van der Waals surface area (Å²) in [5.41, 5.74) is 2.94. The molecule has 0 aliphatic carbocycles. The highest BCUT2D eigenvalue weighted by Gasteiger charge is 2.23. The Kier molecular flexibility index (Phi) is 6.99. The predicted molar refractivity (Wildman–Crippen MR) is 109 cm³/mol. The lowest BCUT2D eigenvalue weighted by Gasteiger charge is -2.29. The average molecular weight is 367 g/mol. The van der Waals surface area contributed by atoms with Gasteiger partial charge in [0.1, 0.15) is 0 Å². The first-order chi connectivity index (χ1) is 12.8. The number of nitrogens with one attached hydrogen (secondary N) is 2. The van der Waals surface area contributed by atoms with Crippen molar-refractivity contribution in [1.82, 2.24) is 15.5 Å². The SMILES string of the molecule is CNC(=O)CCC(C)(C)NC(=O)N(C)Cc1ccc(-c2ccccc2)cc1. The van der Waals surface area contributed by atoms with E-state index >= 15 is 0 Å². The smallest absolute Gasteiger partial charge is 0.317 e. The molecule has 2 rings (SSSR count). The normalized spacial score (nSPS) is 11.0. The van der Waals surface area contributed by atoms with Crippen LogP contribution in [-0.4, -0.2) is 36.5 Å². The molecule has 0 saturated heterocycles. The first-order valence-electron chi connectivity index (χ1n) is 9.19. The highest BCUT2D eigenvalue weighted by atomic mass is 16.2. The van der Waals surface area contributed by atoms with Crippen molar-refractivity contribution in [1.29, 1.82) is 0 Å². The van der Waals surface area contributed by atoms with Crippen LogP contribution in [0, 0.1) is 0 Å². The predicted octanol–water partition coefficient (Wildman–Crippen LogP) is 3.80. The van der Waals surface area contributed by atoms with Crippen LogP contribution in [0.25, 0.3) is 11.1 Å². The molecule has 2 aromatic carbocycles. The number of benzene rings is 2. The maximum absolute atomic E-state index is 12.5. The second kappa shape index (κ2) is 9.21. The summed E-state index contributed by atoms with van der Waals surface area (Å²) in [5, 5.41) is 5.60. The standard InChI is InChI=1S/C22H29N3O2/c1-22(2,15-14-20(26)23-3)24-21(27)25(4)16-17-10-12-19(13-11-17)18-8-6-5-7-9-18/h5-13H,14-16H2,1-4H3,(H,23,26)(H,24,27). The van der Waals surface area contributed by atoms with Crippen LogP contribution in [-0.2, 0) is 11.3 Å². The van der Waals surface area contributed by atoms with Crippen molar-refractivity contribution in [3.8, 4) is 11.1 Å². The van der Waals surface area contributed by atoms with Crippen LogP contribution in [0.1, 0.15) is 32.3 Å². The van der Waals surface area contributed by atoms with E-state index in [0.717, 1.165) is 11.1 Å². The highest BCUT2D eigenvalue weighted by Crippen LogP contribution is 2.20. The minimum absolute atomic E-state index is 0.0239. The molecule has 0 fully saturated rings. The van der Waals surface area contributed by atoms with Crippen LogP contribution in [0.2, 0.25) is 0 Å². The van der Waals surface area contributed by atoms with Crippen LogP contribution in [0.4, 0.5) is 4.79 Å². The van der Waals surface area contributed by atoms with Gasteiger partial charge in [0, 0.05) is 32.6 Å². The summed E-state index contributed by atoms with van der Waals surface area (Å²) in [6.07, 6.45) is 0.965. The second-order valence-electron chi connectivity index (χ2n) is 7.41. The first kappa shape index (κ1) is 20.5. The van der Waals surface area contributed by atoms with E-state index in [9.17, 15) is 9.59 Å². The monoisotopic (exact) mass is 367 g/mol. The molecule has 144 valence electrons. The number of rotatable bonds is 7. The van der Waals surface area contributed by atoms with E-state index in [1.807, 2.05) is 44.2 Å². The van der Waals surface area contributed by atoms with Crippen molar-refractivity contribution < 1.29 is 9.59 Å². The third-order valence-electron chi connectivity index (χ3n) is 4.53. The Morgan fingerprint density at radius 1 is 0.963 bits per heavy atom. The maximum atomic E-state index is 12.5. The molecule has 0 atom stereocenters. The molecule has 0 saturated carbocycles. The lowest BCUT2D eigenvalue weighted by Crippen LogP contribution is -2.49. The number of urea groups is 1. The Labute approximate surface area is 161 Å². The minimum Gasteiger partial charge on any atom is -0.359 e. The quantitative estimate of drug-likeness (QED) is 0.782. The highest BCUT2D eigenvalue weighted by molar-refractivity contribution is 5.76. The minimum atomic E-state index is -0.449. The molecule has 0 bridgehead atoms. The summed E-state index contributed by atoms with van der Waals surface area (Å²) in [6.45, 7) is 4.37. The van der Waals surface area contributed by atoms with Crippen molar-refractivity contribution >= 4 is 11.9 Å². The van der Waals surface area contributed by atoms with Gasteiger partial charge in [0.05, 0.1) is 0 Å². The molecule has 3 amide bonds. The molecule has 2 N–H and O–H groups in total. The van der Waals surface area contributed by atoms with E-state index in [1.165, 1.54) is 5.56 Å². The molecule has 0 heterocycles. The second-order valence-corrected chi connectivity index (χ2v) is 7.41. The number of nitrogens with zero attached hydrogens (tertiary/aromatic N) is 1. The Morgan fingerprint density at radius 2 is 1.56 bits per heavy atom. The number of carbonyl (C=O) groups is 2. The van der Waals surface area contributed by atoms with E-state index in [1.54, 1.807) is 19.0 Å². The Hall–Kier alpha value is -2.82. The summed E-state index contributed by atoms with van der Waals surface area (Å²) in [4.78, 5) is 25.5. The van der Waals surface area contributed by atoms with Crippen molar-refractivity contribution in [3.63, 3.8) is 0 Å². The molecule has 0 spiro atoms. The molecule has 5 nitrogen and oxygen atoms in total. The van der Waals surface area contributed by atoms with Crippen molar-refractivity contribution in [2.24, 2.45) is 0 Å². The topological polar surface area (TPSA) is 61.4 Å². The van der Waals surface area contributed by atoms with Gasteiger partial charge in [-0.1, -0.05) is 54.6 Å². The van der Waals surface area contributed by atoms with Crippen LogP contribution >= 0.6 is 0 Å². The molecule has 0 unspecified atom stereocenters. The number of hydrogen-bond donors (Lipinski definition) is 2. The summed E-state index contributed by atoms with van der Waals surface area (Å²) < 4.78 is 0. The molecule has 0 aromatic heterocycles. The van der Waals surface area contributed by atoms with Gasteiger partial charge in [-0.25, -0.2) is 4.79 Å². The Morgan fingerprint density at radius 3 is 2.15 bits per heavy atom. The molecular weight excluding hydrogens is 338 g/mol. The third-order valence-corrected chi connectivity index (χ3v) is 4.53. The summed E-state index contributed by atoms with van der Waals surface area (Å²) in [7, 11) is 3.39. The zero-order valence-electron chi connectivity index (χ0n) is 16.6. The fraction of sp³-hybridized carbons (Fsp3) is 0.364. The van der Waals surface area contributed by atoms with Crippen LogP contribution in [0.15, 0.2) is 54.6 Å². The molecule has 0 radical (unpaired) electrons. The first-order valence-corrected chi connectivity index (χ1v) is 9.19. The Balaban J connectivity index is 1.91. The van der Waals surface area contributed by atoms with Crippen molar-refractivity contribution in [2.45, 2.75) is 38.8 Å². The van der Waals surface area contributed by atoms with Crippen LogP contribution in [0.3, 0.4) is 0 Å². The molecule has 27 heavy (non-hydrogen) atoms. The van der Waals surface area contributed by atoms with Gasteiger partial charge >= 0.3 is 6.03 Å². The van der Waals surface area contributed by atoms with Gasteiger partial charge in [0.15, 0.2) is 0 Å². The largest absolute Gasteiger partial charge is 0.359 e.